The Bertz CT molecular complexity index is 1270. The summed E-state index contributed by atoms with van der Waals surface area (Å²) >= 11 is 0. The molecule has 0 radical (unpaired) electrons. The molecule has 1 aromatic heterocycles. The number of aliphatic carboxylic acids is 1. The summed E-state index contributed by atoms with van der Waals surface area (Å²) < 4.78 is 10.9. The molecular weight excluding hydrogens is 496 g/mol. The highest BCUT2D eigenvalue weighted by atomic mass is 16.5. The Morgan fingerprint density at radius 3 is 2.23 bits per heavy atom. The first-order valence-electron chi connectivity index (χ1n) is 13.1. The van der Waals surface area contributed by atoms with E-state index in [0.717, 1.165) is 55.9 Å². The monoisotopic (exact) mass is 532 g/mol. The molecule has 39 heavy (non-hydrogen) atoms. The van der Waals surface area contributed by atoms with Crippen molar-refractivity contribution in [2.45, 2.75) is 58.0 Å². The number of unbranched alkanes of at least 4 members (excludes halogenated alkanes) is 5. The van der Waals surface area contributed by atoms with Crippen molar-refractivity contribution < 1.29 is 29.3 Å². The molecule has 4 N–H and O–H groups in total. The molecule has 0 aliphatic carbocycles. The van der Waals surface area contributed by atoms with Crippen molar-refractivity contribution in [3.63, 3.8) is 0 Å². The number of carboxylic acid groups (broad SMARTS) is 2. The highest BCUT2D eigenvalue weighted by Crippen LogP contribution is 2.21. The van der Waals surface area contributed by atoms with Gasteiger partial charge in [0.15, 0.2) is 0 Å². The molecule has 3 rings (SSSR count). The van der Waals surface area contributed by atoms with E-state index in [-0.39, 0.29) is 17.9 Å². The minimum Gasteiger partial charge on any atom is -0.497 e. The molecule has 8 heteroatoms. The molecule has 0 saturated heterocycles. The van der Waals surface area contributed by atoms with E-state index in [2.05, 4.69) is 17.1 Å². The number of nitrogen functional groups attached to an aromatic ring is 1. The molecule has 206 valence electrons. The van der Waals surface area contributed by atoms with Crippen LogP contribution in [0.4, 0.5) is 5.69 Å². The molecule has 8 nitrogen and oxygen atoms in total. The first kappa shape index (κ1) is 29.2. The fourth-order valence-corrected chi connectivity index (χ4v) is 4.26. The first-order chi connectivity index (χ1) is 18.8. The van der Waals surface area contributed by atoms with Crippen LogP contribution in [0.3, 0.4) is 0 Å². The lowest BCUT2D eigenvalue weighted by molar-refractivity contribution is -0.131. The van der Waals surface area contributed by atoms with E-state index in [4.69, 9.17) is 20.3 Å². The third-order valence-corrected chi connectivity index (χ3v) is 6.34. The zero-order chi connectivity index (χ0) is 28.0. The number of nitrogens with zero attached hydrogens (tertiary/aromatic N) is 1. The van der Waals surface area contributed by atoms with Gasteiger partial charge < -0.3 is 25.4 Å². The van der Waals surface area contributed by atoms with Crippen LogP contribution in [0.2, 0.25) is 0 Å². The van der Waals surface area contributed by atoms with Gasteiger partial charge >= 0.3 is 11.9 Å². The lowest BCUT2D eigenvalue weighted by Crippen LogP contribution is -2.04. The van der Waals surface area contributed by atoms with Gasteiger partial charge in [-0.05, 0) is 73.2 Å². The highest BCUT2D eigenvalue weighted by Gasteiger charge is 2.09. The summed E-state index contributed by atoms with van der Waals surface area (Å²) in [5, 5.41) is 18.3. The number of hydrogen-bond donors (Lipinski definition) is 3. The van der Waals surface area contributed by atoms with Crippen molar-refractivity contribution in [1.29, 1.82) is 0 Å². The van der Waals surface area contributed by atoms with Crippen molar-refractivity contribution in [2.75, 3.05) is 12.8 Å². The number of methoxy groups -OCH3 is 1. The van der Waals surface area contributed by atoms with E-state index in [1.54, 1.807) is 13.2 Å². The molecule has 1 heterocycles. The minimum absolute atomic E-state index is 0.0376. The van der Waals surface area contributed by atoms with E-state index in [9.17, 15) is 14.7 Å². The molecule has 0 atom stereocenters. The van der Waals surface area contributed by atoms with Crippen LogP contribution in [0.15, 0.2) is 60.7 Å². The third kappa shape index (κ3) is 10.2. The zero-order valence-corrected chi connectivity index (χ0v) is 22.3. The van der Waals surface area contributed by atoms with E-state index in [1.165, 1.54) is 36.6 Å². The second kappa shape index (κ2) is 15.2. The van der Waals surface area contributed by atoms with Crippen molar-refractivity contribution >= 4 is 23.7 Å². The molecule has 0 bridgehead atoms. The molecule has 0 unspecified atom stereocenters. The highest BCUT2D eigenvalue weighted by molar-refractivity contribution is 5.89. The molecule has 0 fully saturated rings. The van der Waals surface area contributed by atoms with Crippen LogP contribution in [0.1, 0.15) is 71.4 Å². The van der Waals surface area contributed by atoms with Crippen LogP contribution >= 0.6 is 0 Å². The van der Waals surface area contributed by atoms with Gasteiger partial charge in [0.1, 0.15) is 18.1 Å². The minimum atomic E-state index is -1.09. The van der Waals surface area contributed by atoms with Crippen LogP contribution in [0, 0.1) is 0 Å². The maximum Gasteiger partial charge on any atom is 0.335 e. The van der Waals surface area contributed by atoms with Gasteiger partial charge in [-0.1, -0.05) is 43.9 Å². The van der Waals surface area contributed by atoms with Gasteiger partial charge in [-0.3, -0.25) is 0 Å². The largest absolute Gasteiger partial charge is 0.497 e. The normalized spacial score (nSPS) is 11.0. The van der Waals surface area contributed by atoms with Crippen molar-refractivity contribution in [3.05, 3.63) is 88.8 Å². The van der Waals surface area contributed by atoms with Crippen LogP contribution < -0.4 is 15.2 Å². The summed E-state index contributed by atoms with van der Waals surface area (Å²) in [4.78, 5) is 26.9. The number of aryl methyl sites for hydroxylation is 2. The Labute approximate surface area is 229 Å². The Hall–Kier alpha value is -4.33. The van der Waals surface area contributed by atoms with E-state index < -0.39 is 11.9 Å². The third-order valence-electron chi connectivity index (χ3n) is 6.34. The molecular formula is C31H36N2O6. The summed E-state index contributed by atoms with van der Waals surface area (Å²) in [6, 6.07) is 16.3. The van der Waals surface area contributed by atoms with Crippen molar-refractivity contribution in [2.24, 2.45) is 0 Å². The molecule has 0 aliphatic heterocycles. The lowest BCUT2D eigenvalue weighted by atomic mass is 10.0. The quantitative estimate of drug-likeness (QED) is 0.113. The Kier molecular flexibility index (Phi) is 11.4. The van der Waals surface area contributed by atoms with E-state index in [1.807, 2.05) is 24.3 Å². The summed E-state index contributed by atoms with van der Waals surface area (Å²) in [5.74, 6) is -0.929. The average molecular weight is 533 g/mol. The van der Waals surface area contributed by atoms with E-state index >= 15 is 0 Å². The average Bonchev–Trinajstić information content (AvgIpc) is 2.92. The first-order valence-corrected chi connectivity index (χ1v) is 13.1. The molecule has 3 aromatic rings. The zero-order valence-electron chi connectivity index (χ0n) is 22.3. The number of aromatic carboxylic acids is 1. The number of benzene rings is 2. The summed E-state index contributed by atoms with van der Waals surface area (Å²) in [5.41, 5.74) is 9.60. The summed E-state index contributed by atoms with van der Waals surface area (Å²) in [7, 11) is 1.67. The topological polar surface area (TPSA) is 132 Å². The SMILES string of the molecule is COc1ccc(CCCCCCCCc2ccc(COc3cc(N)cc(C(=O)O)c3)nc2/C=C/C(=O)O)cc1. The van der Waals surface area contributed by atoms with Gasteiger partial charge in [0, 0.05) is 17.8 Å². The summed E-state index contributed by atoms with van der Waals surface area (Å²) in [6.07, 6.45) is 11.2. The molecule has 0 saturated carbocycles. The van der Waals surface area contributed by atoms with Gasteiger partial charge in [0.25, 0.3) is 0 Å². The summed E-state index contributed by atoms with van der Waals surface area (Å²) in [6.45, 7) is 0.0905. The maximum atomic E-state index is 11.3. The Balaban J connectivity index is 1.47. The van der Waals surface area contributed by atoms with Crippen LogP contribution in [-0.2, 0) is 24.2 Å². The number of aromatic nitrogens is 1. The van der Waals surface area contributed by atoms with Crippen LogP contribution in [0.5, 0.6) is 11.5 Å². The number of ether oxygens (including phenoxy) is 2. The van der Waals surface area contributed by atoms with Gasteiger partial charge in [-0.15, -0.1) is 0 Å². The number of rotatable bonds is 16. The predicted molar refractivity (Wildman–Crippen MR) is 151 cm³/mol. The fourth-order valence-electron chi connectivity index (χ4n) is 4.26. The maximum absolute atomic E-state index is 11.3. The van der Waals surface area contributed by atoms with Gasteiger partial charge in [-0.2, -0.15) is 0 Å². The molecule has 2 aromatic carbocycles. The Morgan fingerprint density at radius 1 is 0.872 bits per heavy atom. The van der Waals surface area contributed by atoms with Crippen molar-refractivity contribution in [3.8, 4) is 11.5 Å². The van der Waals surface area contributed by atoms with Gasteiger partial charge in [0.2, 0.25) is 0 Å². The number of hydrogen-bond acceptors (Lipinski definition) is 6. The molecule has 0 amide bonds. The smallest absolute Gasteiger partial charge is 0.335 e. The number of nitrogens with two attached hydrogens (primary N) is 1. The number of pyridine rings is 1. The predicted octanol–water partition coefficient (Wildman–Crippen LogP) is 6.17. The number of anilines is 1. The lowest BCUT2D eigenvalue weighted by Gasteiger charge is -2.11. The second-order valence-electron chi connectivity index (χ2n) is 9.37. The standard InChI is InChI=1S/C31H36N2O6/c1-38-27-14-10-22(11-15-27)8-6-4-2-3-5-7-9-23-12-13-26(33-29(23)16-17-30(34)35)21-39-28-19-24(31(36)37)18-25(32)20-28/h10-20H,2-9,21,32H2,1H3,(H,34,35)(H,36,37)/b17-16+. The van der Waals surface area contributed by atoms with Gasteiger partial charge in [-0.25, -0.2) is 14.6 Å². The molecule has 0 aliphatic rings. The molecule has 0 spiro atoms. The number of carbonyl (C=O) groups is 2. The second-order valence-corrected chi connectivity index (χ2v) is 9.37. The van der Waals surface area contributed by atoms with Crippen LogP contribution in [0.25, 0.3) is 6.08 Å². The van der Waals surface area contributed by atoms with Crippen LogP contribution in [-0.4, -0.2) is 34.2 Å². The fraction of sp³-hybridized carbons (Fsp3) is 0.323. The van der Waals surface area contributed by atoms with Crippen molar-refractivity contribution in [1.82, 2.24) is 4.98 Å². The van der Waals surface area contributed by atoms with Gasteiger partial charge in [0.05, 0.1) is 24.1 Å². The number of carboxylic acids is 2. The van der Waals surface area contributed by atoms with E-state index in [0.29, 0.717) is 17.1 Å². The Morgan fingerprint density at radius 2 is 1.56 bits per heavy atom.